The number of nitrogens with zero attached hydrogens (tertiary/aromatic N) is 5. The number of amides is 1. The molecule has 0 spiro atoms. The van der Waals surface area contributed by atoms with Gasteiger partial charge in [0.2, 0.25) is 0 Å². The molecule has 0 aliphatic rings. The minimum atomic E-state index is -0.172. The largest absolute Gasteiger partial charge is 0.345 e. The smallest absolute Gasteiger partial charge is 0.252 e. The molecule has 31 heavy (non-hydrogen) atoms. The molecule has 1 aromatic carbocycles. The highest BCUT2D eigenvalue weighted by Gasteiger charge is 2.22. The molecule has 3 heterocycles. The number of benzene rings is 1. The summed E-state index contributed by atoms with van der Waals surface area (Å²) in [6, 6.07) is 9.87. The van der Waals surface area contributed by atoms with Crippen LogP contribution in [0.2, 0.25) is 0 Å². The van der Waals surface area contributed by atoms with Crippen molar-refractivity contribution in [1.29, 1.82) is 0 Å². The predicted octanol–water partition coefficient (Wildman–Crippen LogP) is 4.27. The number of carbonyl (C=O) groups excluding carboxylic acids is 1. The van der Waals surface area contributed by atoms with E-state index < -0.39 is 0 Å². The summed E-state index contributed by atoms with van der Waals surface area (Å²) in [5.41, 5.74) is 7.06. The molecule has 1 amide bonds. The first-order valence-electron chi connectivity index (χ1n) is 10.5. The third kappa shape index (κ3) is 3.71. The van der Waals surface area contributed by atoms with E-state index in [1.165, 1.54) is 5.56 Å². The lowest BCUT2D eigenvalue weighted by molar-refractivity contribution is 0.0941. The summed E-state index contributed by atoms with van der Waals surface area (Å²) in [6.07, 6.45) is 1.81. The average Bonchev–Trinajstić information content (AvgIpc) is 3.26. The Bertz CT molecular complexity index is 1270. The van der Waals surface area contributed by atoms with E-state index in [-0.39, 0.29) is 11.9 Å². The van der Waals surface area contributed by atoms with Gasteiger partial charge in [-0.3, -0.25) is 9.48 Å². The number of hydrogen-bond donors (Lipinski definition) is 1. The minimum Gasteiger partial charge on any atom is -0.345 e. The van der Waals surface area contributed by atoms with Gasteiger partial charge < -0.3 is 5.32 Å². The van der Waals surface area contributed by atoms with Crippen molar-refractivity contribution in [2.75, 3.05) is 0 Å². The summed E-state index contributed by atoms with van der Waals surface area (Å²) in [4.78, 5) is 18.3. The predicted molar refractivity (Wildman–Crippen MR) is 122 cm³/mol. The Hall–Kier alpha value is -3.48. The zero-order valence-electron chi connectivity index (χ0n) is 18.9. The van der Waals surface area contributed by atoms with Gasteiger partial charge in [-0.25, -0.2) is 9.67 Å². The van der Waals surface area contributed by atoms with Crippen LogP contribution in [0.5, 0.6) is 0 Å². The Labute approximate surface area is 182 Å². The molecule has 1 unspecified atom stereocenters. The lowest BCUT2D eigenvalue weighted by Crippen LogP contribution is -2.27. The van der Waals surface area contributed by atoms with Crippen LogP contribution in [0.1, 0.15) is 52.8 Å². The van der Waals surface area contributed by atoms with E-state index in [1.54, 1.807) is 6.20 Å². The molecule has 0 aliphatic heterocycles. The Morgan fingerprint density at radius 1 is 1.16 bits per heavy atom. The zero-order chi connectivity index (χ0) is 22.3. The van der Waals surface area contributed by atoms with Gasteiger partial charge in [-0.1, -0.05) is 29.8 Å². The molecule has 0 radical (unpaired) electrons. The van der Waals surface area contributed by atoms with Crippen LogP contribution in [0, 0.1) is 20.8 Å². The lowest BCUT2D eigenvalue weighted by atomic mass is 10.0. The first-order chi connectivity index (χ1) is 14.8. The quantitative estimate of drug-likeness (QED) is 0.527. The molecule has 160 valence electrons. The monoisotopic (exact) mass is 416 g/mol. The van der Waals surface area contributed by atoms with Gasteiger partial charge in [0.05, 0.1) is 34.6 Å². The van der Waals surface area contributed by atoms with Crippen LogP contribution in [0.4, 0.5) is 0 Å². The molecule has 4 rings (SSSR count). The number of hydrogen-bond acceptors (Lipinski definition) is 4. The number of aryl methyl sites for hydroxylation is 4. The van der Waals surface area contributed by atoms with E-state index in [0.29, 0.717) is 12.1 Å². The topological polar surface area (TPSA) is 77.6 Å². The summed E-state index contributed by atoms with van der Waals surface area (Å²) in [6.45, 7) is 10.7. The van der Waals surface area contributed by atoms with Gasteiger partial charge in [0.15, 0.2) is 5.65 Å². The molecule has 4 aromatic rings. The first-order valence-corrected chi connectivity index (χ1v) is 10.5. The second-order valence-corrected chi connectivity index (χ2v) is 8.02. The van der Waals surface area contributed by atoms with E-state index in [1.807, 2.05) is 62.3 Å². The second kappa shape index (κ2) is 7.98. The fourth-order valence-electron chi connectivity index (χ4n) is 3.92. The molecular formula is C24H28N6O. The van der Waals surface area contributed by atoms with Crippen molar-refractivity contribution >= 4 is 16.9 Å². The van der Waals surface area contributed by atoms with Gasteiger partial charge in [0, 0.05) is 30.4 Å². The van der Waals surface area contributed by atoms with Crippen LogP contribution in [0.25, 0.3) is 22.3 Å². The minimum absolute atomic E-state index is 0.143. The molecule has 7 nitrogen and oxygen atoms in total. The van der Waals surface area contributed by atoms with Gasteiger partial charge in [-0.2, -0.15) is 10.2 Å². The molecule has 0 saturated carbocycles. The van der Waals surface area contributed by atoms with Crippen molar-refractivity contribution in [2.45, 2.75) is 47.2 Å². The van der Waals surface area contributed by atoms with E-state index in [2.05, 4.69) is 34.6 Å². The van der Waals surface area contributed by atoms with Crippen LogP contribution < -0.4 is 5.32 Å². The SMILES string of the molecule is CCn1nc(C)c2c(C(=O)NC(C)c3cnn(C)c3C)cc(-c3ccc(C)cc3)nc21. The van der Waals surface area contributed by atoms with Crippen molar-refractivity contribution in [2.24, 2.45) is 7.05 Å². The molecule has 0 aliphatic carbocycles. The standard InChI is InChI=1S/C24H28N6O/c1-7-30-23-22(16(4)28-30)19(12-21(27-23)18-10-8-14(2)9-11-18)24(31)26-15(3)20-13-25-29(6)17(20)5/h8-13,15H,7H2,1-6H3,(H,26,31). The second-order valence-electron chi connectivity index (χ2n) is 8.02. The number of carbonyl (C=O) groups is 1. The molecule has 0 fully saturated rings. The Morgan fingerprint density at radius 2 is 1.87 bits per heavy atom. The summed E-state index contributed by atoms with van der Waals surface area (Å²) >= 11 is 0. The Morgan fingerprint density at radius 3 is 2.48 bits per heavy atom. The Balaban J connectivity index is 1.81. The maximum absolute atomic E-state index is 13.4. The third-order valence-electron chi connectivity index (χ3n) is 5.86. The number of pyridine rings is 1. The van der Waals surface area contributed by atoms with Gasteiger partial charge >= 0.3 is 0 Å². The maximum atomic E-state index is 13.4. The van der Waals surface area contributed by atoms with Gasteiger partial charge in [0.1, 0.15) is 0 Å². The molecular weight excluding hydrogens is 388 g/mol. The normalized spacial score (nSPS) is 12.3. The summed E-state index contributed by atoms with van der Waals surface area (Å²) in [5, 5.41) is 12.9. The highest BCUT2D eigenvalue weighted by atomic mass is 16.1. The lowest BCUT2D eigenvalue weighted by Gasteiger charge is -2.15. The molecule has 7 heteroatoms. The van der Waals surface area contributed by atoms with Gasteiger partial charge in [-0.15, -0.1) is 0 Å². The zero-order valence-corrected chi connectivity index (χ0v) is 18.9. The van der Waals surface area contributed by atoms with Crippen molar-refractivity contribution in [3.63, 3.8) is 0 Å². The highest BCUT2D eigenvalue weighted by Crippen LogP contribution is 2.28. The highest BCUT2D eigenvalue weighted by molar-refractivity contribution is 6.07. The molecule has 1 atom stereocenters. The van der Waals surface area contributed by atoms with Gasteiger partial charge in [-0.05, 0) is 40.7 Å². The van der Waals surface area contributed by atoms with Crippen LogP contribution in [-0.2, 0) is 13.6 Å². The molecule has 3 aromatic heterocycles. The van der Waals surface area contributed by atoms with Crippen LogP contribution in [-0.4, -0.2) is 30.5 Å². The summed E-state index contributed by atoms with van der Waals surface area (Å²) < 4.78 is 3.67. The summed E-state index contributed by atoms with van der Waals surface area (Å²) in [5.74, 6) is -0.143. The van der Waals surface area contributed by atoms with E-state index in [0.717, 1.165) is 39.2 Å². The van der Waals surface area contributed by atoms with E-state index in [4.69, 9.17) is 4.98 Å². The van der Waals surface area contributed by atoms with Crippen LogP contribution >= 0.6 is 0 Å². The molecule has 0 saturated heterocycles. The van der Waals surface area contributed by atoms with Crippen molar-refractivity contribution in [3.05, 3.63) is 64.6 Å². The fraction of sp³-hybridized carbons (Fsp3) is 0.333. The van der Waals surface area contributed by atoms with Crippen LogP contribution in [0.15, 0.2) is 36.5 Å². The number of fused-ring (bicyclic) bond motifs is 1. The number of aromatic nitrogens is 5. The fourth-order valence-corrected chi connectivity index (χ4v) is 3.92. The third-order valence-corrected chi connectivity index (χ3v) is 5.86. The van der Waals surface area contributed by atoms with Crippen LogP contribution in [0.3, 0.4) is 0 Å². The van der Waals surface area contributed by atoms with Crippen molar-refractivity contribution in [1.82, 2.24) is 29.9 Å². The maximum Gasteiger partial charge on any atom is 0.252 e. The first kappa shape index (κ1) is 20.8. The van der Waals surface area contributed by atoms with E-state index in [9.17, 15) is 4.79 Å². The van der Waals surface area contributed by atoms with Crippen molar-refractivity contribution < 1.29 is 4.79 Å². The van der Waals surface area contributed by atoms with Crippen molar-refractivity contribution in [3.8, 4) is 11.3 Å². The number of nitrogens with one attached hydrogen (secondary N) is 1. The number of rotatable bonds is 5. The molecule has 0 bridgehead atoms. The van der Waals surface area contributed by atoms with Gasteiger partial charge in [0.25, 0.3) is 5.91 Å². The Kier molecular flexibility index (Phi) is 5.35. The molecule has 1 N–H and O–H groups in total. The average molecular weight is 417 g/mol. The summed E-state index contributed by atoms with van der Waals surface area (Å²) in [7, 11) is 1.90. The van der Waals surface area contributed by atoms with E-state index >= 15 is 0 Å².